The fourth-order valence-corrected chi connectivity index (χ4v) is 3.55. The van der Waals surface area contributed by atoms with Crippen molar-refractivity contribution in [2.75, 3.05) is 0 Å². The maximum absolute atomic E-state index is 13.1. The normalized spacial score (nSPS) is 12.0. The first-order valence-electron chi connectivity index (χ1n) is 9.86. The lowest BCUT2D eigenvalue weighted by atomic mass is 9.97. The van der Waals surface area contributed by atoms with Crippen molar-refractivity contribution in [1.29, 1.82) is 0 Å². The third-order valence-corrected chi connectivity index (χ3v) is 5.35. The molecule has 1 unspecified atom stereocenters. The minimum atomic E-state index is -0.496. The highest BCUT2D eigenvalue weighted by atomic mass is 16.2. The zero-order valence-corrected chi connectivity index (χ0v) is 17.5. The van der Waals surface area contributed by atoms with Gasteiger partial charge in [0.25, 0.3) is 11.5 Å². The Balaban J connectivity index is 1.75. The Bertz CT molecular complexity index is 1390. The number of benzene rings is 2. The summed E-state index contributed by atoms with van der Waals surface area (Å²) in [6.07, 6.45) is 0. The highest BCUT2D eigenvalue weighted by molar-refractivity contribution is 5.94. The van der Waals surface area contributed by atoms with E-state index in [9.17, 15) is 14.4 Å². The van der Waals surface area contributed by atoms with Crippen molar-refractivity contribution in [3.8, 4) is 0 Å². The molecule has 0 spiro atoms. The van der Waals surface area contributed by atoms with Gasteiger partial charge in [0.05, 0.1) is 11.4 Å². The Hall–Kier alpha value is -4.00. The molecule has 7 nitrogen and oxygen atoms in total. The van der Waals surface area contributed by atoms with Crippen molar-refractivity contribution in [2.45, 2.75) is 13.0 Å². The predicted molar refractivity (Wildman–Crippen MR) is 119 cm³/mol. The number of fused-ring (bicyclic) bond motifs is 1. The number of aryl methyl sites for hydroxylation is 2. The standard InChI is InChI=1S/C24H22N4O3/c1-15-9-11-17(12-10-15)20(16-7-5-4-6-8-16)26-22(29)19-14-13-18-21(25-19)27(2)24(31)28(3)23(18)30/h4-14,20H,1-3H3,(H,26,29). The molecule has 156 valence electrons. The van der Waals surface area contributed by atoms with Gasteiger partial charge in [0.15, 0.2) is 0 Å². The molecule has 31 heavy (non-hydrogen) atoms. The summed E-state index contributed by atoms with van der Waals surface area (Å²) in [5.74, 6) is -0.399. The van der Waals surface area contributed by atoms with Crippen LogP contribution in [-0.4, -0.2) is 20.0 Å². The fourth-order valence-electron chi connectivity index (χ4n) is 3.55. The number of nitrogens with zero attached hydrogens (tertiary/aromatic N) is 3. The van der Waals surface area contributed by atoms with Gasteiger partial charge in [-0.3, -0.25) is 18.7 Å². The first kappa shape index (κ1) is 20.3. The van der Waals surface area contributed by atoms with E-state index >= 15 is 0 Å². The summed E-state index contributed by atoms with van der Waals surface area (Å²) in [6, 6.07) is 20.3. The molecular weight excluding hydrogens is 392 g/mol. The Labute approximate surface area is 178 Å². The van der Waals surface area contributed by atoms with Gasteiger partial charge in [0, 0.05) is 14.1 Å². The van der Waals surface area contributed by atoms with E-state index in [1.165, 1.54) is 30.8 Å². The molecule has 0 aliphatic heterocycles. The van der Waals surface area contributed by atoms with Crippen LogP contribution in [0.4, 0.5) is 0 Å². The summed E-state index contributed by atoms with van der Waals surface area (Å²) >= 11 is 0. The molecule has 2 aromatic heterocycles. The number of pyridine rings is 1. The SMILES string of the molecule is Cc1ccc(C(NC(=O)c2ccc3c(=O)n(C)c(=O)n(C)c3n2)c2ccccc2)cc1. The number of nitrogens with one attached hydrogen (secondary N) is 1. The summed E-state index contributed by atoms with van der Waals surface area (Å²) < 4.78 is 2.29. The molecule has 4 rings (SSSR count). The van der Waals surface area contributed by atoms with E-state index in [2.05, 4.69) is 10.3 Å². The second-order valence-corrected chi connectivity index (χ2v) is 7.50. The van der Waals surface area contributed by atoms with Crippen LogP contribution in [0.25, 0.3) is 11.0 Å². The highest BCUT2D eigenvalue weighted by Gasteiger charge is 2.20. The molecule has 2 aromatic carbocycles. The van der Waals surface area contributed by atoms with Crippen molar-refractivity contribution in [2.24, 2.45) is 14.1 Å². The number of hydrogen-bond acceptors (Lipinski definition) is 4. The monoisotopic (exact) mass is 414 g/mol. The fraction of sp³-hybridized carbons (Fsp3) is 0.167. The van der Waals surface area contributed by atoms with Crippen molar-refractivity contribution in [3.05, 3.63) is 110 Å². The van der Waals surface area contributed by atoms with Crippen molar-refractivity contribution in [3.63, 3.8) is 0 Å². The maximum Gasteiger partial charge on any atom is 0.332 e. The molecule has 1 N–H and O–H groups in total. The Morgan fingerprint density at radius 3 is 2.19 bits per heavy atom. The van der Waals surface area contributed by atoms with E-state index in [0.717, 1.165) is 21.3 Å². The Morgan fingerprint density at radius 1 is 0.871 bits per heavy atom. The van der Waals surface area contributed by atoms with Gasteiger partial charge >= 0.3 is 5.69 Å². The first-order valence-corrected chi connectivity index (χ1v) is 9.86. The number of aromatic nitrogens is 3. The second kappa shape index (κ2) is 8.02. The van der Waals surface area contributed by atoms with Crippen LogP contribution in [0.3, 0.4) is 0 Å². The maximum atomic E-state index is 13.1. The van der Waals surface area contributed by atoms with E-state index in [1.807, 2.05) is 61.5 Å². The average Bonchev–Trinajstić information content (AvgIpc) is 2.80. The molecule has 0 fully saturated rings. The quantitative estimate of drug-likeness (QED) is 0.556. The zero-order valence-electron chi connectivity index (χ0n) is 17.5. The number of amides is 1. The van der Waals surface area contributed by atoms with Crippen LogP contribution in [0.5, 0.6) is 0 Å². The van der Waals surface area contributed by atoms with Crippen LogP contribution < -0.4 is 16.6 Å². The molecule has 0 bridgehead atoms. The molecule has 0 aliphatic carbocycles. The summed E-state index contributed by atoms with van der Waals surface area (Å²) in [6.45, 7) is 2.01. The lowest BCUT2D eigenvalue weighted by Crippen LogP contribution is -2.37. The Kier molecular flexibility index (Phi) is 5.25. The van der Waals surface area contributed by atoms with Gasteiger partial charge in [-0.1, -0.05) is 60.2 Å². The molecule has 0 saturated carbocycles. The molecule has 0 saturated heterocycles. The smallest absolute Gasteiger partial charge is 0.332 e. The average molecular weight is 414 g/mol. The Morgan fingerprint density at radius 2 is 1.52 bits per heavy atom. The second-order valence-electron chi connectivity index (χ2n) is 7.50. The molecule has 0 radical (unpaired) electrons. The van der Waals surface area contributed by atoms with Gasteiger partial charge in [0.1, 0.15) is 11.3 Å². The molecule has 7 heteroatoms. The van der Waals surface area contributed by atoms with Gasteiger partial charge in [-0.25, -0.2) is 9.78 Å². The molecule has 0 aliphatic rings. The van der Waals surface area contributed by atoms with Crippen LogP contribution in [0.1, 0.15) is 33.2 Å². The minimum absolute atomic E-state index is 0.129. The summed E-state index contributed by atoms with van der Waals surface area (Å²) in [7, 11) is 2.94. The van der Waals surface area contributed by atoms with Crippen LogP contribution in [0.15, 0.2) is 76.3 Å². The lowest BCUT2D eigenvalue weighted by molar-refractivity contribution is 0.0938. The van der Waals surface area contributed by atoms with Crippen molar-refractivity contribution < 1.29 is 4.79 Å². The number of carbonyl (C=O) groups is 1. The van der Waals surface area contributed by atoms with E-state index in [4.69, 9.17) is 0 Å². The van der Waals surface area contributed by atoms with Crippen LogP contribution >= 0.6 is 0 Å². The largest absolute Gasteiger partial charge is 0.340 e. The van der Waals surface area contributed by atoms with Gasteiger partial charge in [-0.2, -0.15) is 0 Å². The number of hydrogen-bond donors (Lipinski definition) is 1. The van der Waals surface area contributed by atoms with Crippen LogP contribution in [0, 0.1) is 6.92 Å². The number of rotatable bonds is 4. The molecule has 1 amide bonds. The third kappa shape index (κ3) is 3.77. The van der Waals surface area contributed by atoms with Gasteiger partial charge in [0.2, 0.25) is 0 Å². The highest BCUT2D eigenvalue weighted by Crippen LogP contribution is 2.23. The van der Waals surface area contributed by atoms with Gasteiger partial charge < -0.3 is 5.32 Å². The van der Waals surface area contributed by atoms with E-state index in [1.54, 1.807) is 0 Å². The molecule has 1 atom stereocenters. The predicted octanol–water partition coefficient (Wildman–Crippen LogP) is 2.46. The van der Waals surface area contributed by atoms with E-state index in [-0.39, 0.29) is 22.8 Å². The van der Waals surface area contributed by atoms with Crippen LogP contribution in [-0.2, 0) is 14.1 Å². The third-order valence-electron chi connectivity index (χ3n) is 5.35. The lowest BCUT2D eigenvalue weighted by Gasteiger charge is -2.20. The minimum Gasteiger partial charge on any atom is -0.340 e. The van der Waals surface area contributed by atoms with Crippen LogP contribution in [0.2, 0.25) is 0 Å². The molecule has 4 aromatic rings. The van der Waals surface area contributed by atoms with Crippen molar-refractivity contribution >= 4 is 16.9 Å². The van der Waals surface area contributed by atoms with Gasteiger partial charge in [-0.05, 0) is 30.2 Å². The molecular formula is C24H22N4O3. The zero-order chi connectivity index (χ0) is 22.1. The number of carbonyl (C=O) groups excluding carboxylic acids is 1. The van der Waals surface area contributed by atoms with E-state index in [0.29, 0.717) is 0 Å². The summed E-state index contributed by atoms with van der Waals surface area (Å²) in [5.41, 5.74) is 2.36. The van der Waals surface area contributed by atoms with Gasteiger partial charge in [-0.15, -0.1) is 0 Å². The summed E-state index contributed by atoms with van der Waals surface area (Å²) in [5, 5.41) is 3.32. The van der Waals surface area contributed by atoms with Crippen molar-refractivity contribution in [1.82, 2.24) is 19.4 Å². The topological polar surface area (TPSA) is 86.0 Å². The molecule has 2 heterocycles. The first-order chi connectivity index (χ1) is 14.9. The summed E-state index contributed by atoms with van der Waals surface area (Å²) in [4.78, 5) is 42.1. The van der Waals surface area contributed by atoms with E-state index < -0.39 is 17.2 Å².